The lowest BCUT2D eigenvalue weighted by molar-refractivity contribution is 0.104. The van der Waals surface area contributed by atoms with Gasteiger partial charge in [0.15, 0.2) is 11.5 Å². The van der Waals surface area contributed by atoms with E-state index >= 15 is 0 Å². The number of phenolic OH excluding ortho intramolecular Hbond substituents is 1. The summed E-state index contributed by atoms with van der Waals surface area (Å²) in [6.45, 7) is 7.99. The molecule has 1 heterocycles. The van der Waals surface area contributed by atoms with Crippen molar-refractivity contribution in [1.82, 2.24) is 9.80 Å². The summed E-state index contributed by atoms with van der Waals surface area (Å²) in [6.07, 6.45) is 2.45. The molecule has 0 radical (unpaired) electrons. The van der Waals surface area contributed by atoms with Crippen LogP contribution >= 0.6 is 0 Å². The molecular weight excluding hydrogens is 264 g/mol. The fourth-order valence-electron chi connectivity index (χ4n) is 3.15. The molecule has 0 aromatic heterocycles. The SMILES string of the molecule is CCN1CCC(N(C)C(C)c2ccc(O)c(OC)c2)CC1. The van der Waals surface area contributed by atoms with Gasteiger partial charge < -0.3 is 14.7 Å². The number of nitrogens with zero attached hydrogens (tertiary/aromatic N) is 2. The molecule has 1 unspecified atom stereocenters. The van der Waals surface area contributed by atoms with E-state index in [2.05, 4.69) is 30.7 Å². The number of ether oxygens (including phenoxy) is 1. The normalized spacial score (nSPS) is 18.9. The summed E-state index contributed by atoms with van der Waals surface area (Å²) >= 11 is 0. The van der Waals surface area contributed by atoms with Gasteiger partial charge in [0, 0.05) is 12.1 Å². The van der Waals surface area contributed by atoms with E-state index < -0.39 is 0 Å². The summed E-state index contributed by atoms with van der Waals surface area (Å²) in [7, 11) is 3.80. The second-order valence-electron chi connectivity index (χ2n) is 5.94. The molecule has 21 heavy (non-hydrogen) atoms. The number of aromatic hydroxyl groups is 1. The maximum atomic E-state index is 9.72. The van der Waals surface area contributed by atoms with Crippen LogP contribution in [-0.2, 0) is 0 Å². The maximum absolute atomic E-state index is 9.72. The van der Waals surface area contributed by atoms with E-state index in [1.807, 2.05) is 12.1 Å². The van der Waals surface area contributed by atoms with Gasteiger partial charge in [-0.15, -0.1) is 0 Å². The monoisotopic (exact) mass is 292 g/mol. The van der Waals surface area contributed by atoms with Gasteiger partial charge in [-0.2, -0.15) is 0 Å². The van der Waals surface area contributed by atoms with E-state index in [0.717, 1.165) is 6.54 Å². The first-order valence-corrected chi connectivity index (χ1v) is 7.88. The molecule has 118 valence electrons. The minimum atomic E-state index is 0.201. The molecule has 0 aliphatic carbocycles. The van der Waals surface area contributed by atoms with Crippen LogP contribution in [0.2, 0.25) is 0 Å². The van der Waals surface area contributed by atoms with Crippen molar-refractivity contribution in [3.05, 3.63) is 23.8 Å². The van der Waals surface area contributed by atoms with Crippen molar-refractivity contribution in [2.24, 2.45) is 0 Å². The van der Waals surface area contributed by atoms with Crippen LogP contribution in [0, 0.1) is 0 Å². The van der Waals surface area contributed by atoms with Gasteiger partial charge in [-0.05, 0) is 64.1 Å². The Morgan fingerprint density at radius 2 is 2.05 bits per heavy atom. The Balaban J connectivity index is 2.03. The first kappa shape index (κ1) is 16.1. The van der Waals surface area contributed by atoms with Gasteiger partial charge >= 0.3 is 0 Å². The van der Waals surface area contributed by atoms with Crippen LogP contribution in [0.3, 0.4) is 0 Å². The third kappa shape index (κ3) is 3.69. The van der Waals surface area contributed by atoms with Crippen LogP contribution in [0.15, 0.2) is 18.2 Å². The second-order valence-corrected chi connectivity index (χ2v) is 5.94. The van der Waals surface area contributed by atoms with Crippen molar-refractivity contribution in [1.29, 1.82) is 0 Å². The summed E-state index contributed by atoms with van der Waals surface area (Å²) in [6, 6.07) is 6.59. The molecule has 1 aromatic rings. The Morgan fingerprint density at radius 1 is 1.38 bits per heavy atom. The van der Waals surface area contributed by atoms with Crippen molar-refractivity contribution < 1.29 is 9.84 Å². The number of benzene rings is 1. The van der Waals surface area contributed by atoms with Crippen LogP contribution in [0.1, 0.15) is 38.3 Å². The van der Waals surface area contributed by atoms with Gasteiger partial charge in [0.1, 0.15) is 0 Å². The molecule has 1 atom stereocenters. The van der Waals surface area contributed by atoms with E-state index in [1.54, 1.807) is 13.2 Å². The topological polar surface area (TPSA) is 35.9 Å². The van der Waals surface area contributed by atoms with E-state index in [9.17, 15) is 5.11 Å². The Hall–Kier alpha value is -1.26. The largest absolute Gasteiger partial charge is 0.504 e. The highest BCUT2D eigenvalue weighted by molar-refractivity contribution is 5.42. The number of methoxy groups -OCH3 is 1. The fraction of sp³-hybridized carbons (Fsp3) is 0.647. The van der Waals surface area contributed by atoms with Crippen molar-refractivity contribution in [3.63, 3.8) is 0 Å². The number of phenols is 1. The zero-order valence-corrected chi connectivity index (χ0v) is 13.7. The molecule has 1 saturated heterocycles. The first-order valence-electron chi connectivity index (χ1n) is 7.88. The molecule has 0 amide bonds. The van der Waals surface area contributed by atoms with Gasteiger partial charge in [-0.1, -0.05) is 13.0 Å². The van der Waals surface area contributed by atoms with Crippen LogP contribution < -0.4 is 4.74 Å². The lowest BCUT2D eigenvalue weighted by atomic mass is 9.99. The standard InChI is InChI=1S/C17H28N2O2/c1-5-19-10-8-15(9-11-19)18(3)13(2)14-6-7-16(20)17(12-14)21-4/h6-7,12-13,15,20H,5,8-11H2,1-4H3. The van der Waals surface area contributed by atoms with Crippen LogP contribution in [0.4, 0.5) is 0 Å². The molecule has 2 rings (SSSR count). The van der Waals surface area contributed by atoms with Gasteiger partial charge in [-0.3, -0.25) is 4.90 Å². The van der Waals surface area contributed by atoms with Crippen LogP contribution in [0.25, 0.3) is 0 Å². The molecule has 4 nitrogen and oxygen atoms in total. The maximum Gasteiger partial charge on any atom is 0.160 e. The highest BCUT2D eigenvalue weighted by Crippen LogP contribution is 2.32. The number of hydrogen-bond acceptors (Lipinski definition) is 4. The fourth-order valence-corrected chi connectivity index (χ4v) is 3.15. The molecule has 0 spiro atoms. The Bertz CT molecular complexity index is 456. The van der Waals surface area contributed by atoms with Crippen LogP contribution in [0.5, 0.6) is 11.5 Å². The van der Waals surface area contributed by atoms with Gasteiger partial charge in [0.25, 0.3) is 0 Å². The molecule has 4 heteroatoms. The molecule has 1 aliphatic rings. The van der Waals surface area contributed by atoms with E-state index in [0.29, 0.717) is 17.8 Å². The van der Waals surface area contributed by atoms with E-state index in [4.69, 9.17) is 4.74 Å². The van der Waals surface area contributed by atoms with Gasteiger partial charge in [-0.25, -0.2) is 0 Å². The second kappa shape index (κ2) is 7.14. The Labute approximate surface area is 128 Å². The van der Waals surface area contributed by atoms with Crippen molar-refractivity contribution in [2.45, 2.75) is 38.8 Å². The van der Waals surface area contributed by atoms with Crippen molar-refractivity contribution >= 4 is 0 Å². The summed E-state index contributed by atoms with van der Waals surface area (Å²) in [4.78, 5) is 4.97. The highest BCUT2D eigenvalue weighted by Gasteiger charge is 2.25. The van der Waals surface area contributed by atoms with E-state index in [1.165, 1.54) is 31.5 Å². The molecule has 0 saturated carbocycles. The average Bonchev–Trinajstić information content (AvgIpc) is 2.54. The quantitative estimate of drug-likeness (QED) is 0.905. The number of hydrogen-bond donors (Lipinski definition) is 1. The minimum Gasteiger partial charge on any atom is -0.504 e. The molecule has 1 aliphatic heterocycles. The lowest BCUT2D eigenvalue weighted by Gasteiger charge is -2.39. The Morgan fingerprint density at radius 3 is 2.62 bits per heavy atom. The zero-order valence-electron chi connectivity index (χ0n) is 13.7. The van der Waals surface area contributed by atoms with Crippen LogP contribution in [-0.4, -0.2) is 54.7 Å². The van der Waals surface area contributed by atoms with Gasteiger partial charge in [0.2, 0.25) is 0 Å². The number of rotatable bonds is 5. The Kier molecular flexibility index (Phi) is 5.48. The molecule has 1 aromatic carbocycles. The first-order chi connectivity index (χ1) is 10.1. The highest BCUT2D eigenvalue weighted by atomic mass is 16.5. The van der Waals surface area contributed by atoms with E-state index in [-0.39, 0.29) is 5.75 Å². The zero-order chi connectivity index (χ0) is 15.4. The molecule has 1 N–H and O–H groups in total. The van der Waals surface area contributed by atoms with Crippen molar-refractivity contribution in [2.75, 3.05) is 33.8 Å². The summed E-state index contributed by atoms with van der Waals surface area (Å²) in [5, 5.41) is 9.72. The third-order valence-corrected chi connectivity index (χ3v) is 4.88. The summed E-state index contributed by atoms with van der Waals surface area (Å²) in [5.74, 6) is 0.751. The predicted octanol–water partition coefficient (Wildman–Crippen LogP) is 2.88. The number of piperidine rings is 1. The smallest absolute Gasteiger partial charge is 0.160 e. The molecular formula is C17H28N2O2. The number of likely N-dealkylation sites (tertiary alicyclic amines) is 1. The average molecular weight is 292 g/mol. The summed E-state index contributed by atoms with van der Waals surface area (Å²) < 4.78 is 5.21. The minimum absolute atomic E-state index is 0.201. The predicted molar refractivity (Wildman–Crippen MR) is 86.0 cm³/mol. The molecule has 1 fully saturated rings. The lowest BCUT2D eigenvalue weighted by Crippen LogP contribution is -2.44. The van der Waals surface area contributed by atoms with Crippen molar-refractivity contribution in [3.8, 4) is 11.5 Å². The summed E-state index contributed by atoms with van der Waals surface area (Å²) in [5.41, 5.74) is 1.19. The van der Waals surface area contributed by atoms with Gasteiger partial charge in [0.05, 0.1) is 7.11 Å². The third-order valence-electron chi connectivity index (χ3n) is 4.88. The molecule has 0 bridgehead atoms.